The van der Waals surface area contributed by atoms with Crippen LogP contribution < -0.4 is 10.5 Å². The molecule has 2 aromatic carbocycles. The summed E-state index contributed by atoms with van der Waals surface area (Å²) in [7, 11) is 0. The molecule has 0 bridgehead atoms. The van der Waals surface area contributed by atoms with Gasteiger partial charge in [0.05, 0.1) is 0 Å². The SMILES string of the molecule is CC(N)Cc1cc(Br)ccc1OCc1ccccc1Br. The number of hydrogen-bond donors (Lipinski definition) is 1. The summed E-state index contributed by atoms with van der Waals surface area (Å²) in [5.74, 6) is 0.890. The van der Waals surface area contributed by atoms with Gasteiger partial charge in [0.1, 0.15) is 12.4 Å². The lowest BCUT2D eigenvalue weighted by molar-refractivity contribution is 0.301. The molecule has 4 heteroatoms. The van der Waals surface area contributed by atoms with E-state index in [0.29, 0.717) is 6.61 Å². The van der Waals surface area contributed by atoms with Crippen LogP contribution in [0.2, 0.25) is 0 Å². The molecule has 0 aliphatic carbocycles. The maximum atomic E-state index is 5.95. The van der Waals surface area contributed by atoms with Gasteiger partial charge in [0, 0.05) is 20.6 Å². The molecule has 1 atom stereocenters. The van der Waals surface area contributed by atoms with Crippen molar-refractivity contribution in [1.29, 1.82) is 0 Å². The van der Waals surface area contributed by atoms with Gasteiger partial charge in [-0.3, -0.25) is 0 Å². The van der Waals surface area contributed by atoms with E-state index in [1.54, 1.807) is 0 Å². The van der Waals surface area contributed by atoms with Crippen molar-refractivity contribution in [2.24, 2.45) is 5.73 Å². The first-order valence-corrected chi connectivity index (χ1v) is 8.05. The average molecular weight is 399 g/mol. The summed E-state index contributed by atoms with van der Waals surface area (Å²) in [5, 5.41) is 0. The summed E-state index contributed by atoms with van der Waals surface area (Å²) in [6.07, 6.45) is 0.796. The molecule has 2 N–H and O–H groups in total. The molecule has 0 amide bonds. The molecule has 1 unspecified atom stereocenters. The van der Waals surface area contributed by atoms with Crippen LogP contribution in [0.1, 0.15) is 18.1 Å². The first kappa shape index (κ1) is 15.5. The zero-order valence-electron chi connectivity index (χ0n) is 11.3. The predicted octanol–water partition coefficient (Wildman–Crippen LogP) is 4.68. The smallest absolute Gasteiger partial charge is 0.123 e. The standard InChI is InChI=1S/C16H17Br2NO/c1-11(19)8-13-9-14(17)6-7-16(13)20-10-12-4-2-3-5-15(12)18/h2-7,9,11H,8,10,19H2,1H3. The Kier molecular flexibility index (Phi) is 5.64. The van der Waals surface area contributed by atoms with Crippen molar-refractivity contribution in [3.8, 4) is 5.75 Å². The maximum Gasteiger partial charge on any atom is 0.123 e. The van der Waals surface area contributed by atoms with E-state index in [-0.39, 0.29) is 6.04 Å². The lowest BCUT2D eigenvalue weighted by Gasteiger charge is -2.14. The molecule has 2 aromatic rings. The van der Waals surface area contributed by atoms with E-state index in [2.05, 4.69) is 37.9 Å². The second kappa shape index (κ2) is 7.25. The Labute approximate surface area is 136 Å². The maximum absolute atomic E-state index is 5.95. The predicted molar refractivity (Wildman–Crippen MR) is 90.0 cm³/mol. The Morgan fingerprint density at radius 3 is 2.55 bits per heavy atom. The molecule has 20 heavy (non-hydrogen) atoms. The lowest BCUT2D eigenvalue weighted by atomic mass is 10.1. The van der Waals surface area contributed by atoms with Gasteiger partial charge in [-0.15, -0.1) is 0 Å². The van der Waals surface area contributed by atoms with E-state index in [1.807, 2.05) is 43.3 Å². The van der Waals surface area contributed by atoms with E-state index in [9.17, 15) is 0 Å². The molecule has 0 saturated carbocycles. The molecule has 0 heterocycles. The normalized spacial score (nSPS) is 12.2. The van der Waals surface area contributed by atoms with Crippen molar-refractivity contribution in [3.63, 3.8) is 0 Å². The van der Waals surface area contributed by atoms with Crippen LogP contribution in [0.25, 0.3) is 0 Å². The average Bonchev–Trinajstić information content (AvgIpc) is 2.39. The van der Waals surface area contributed by atoms with Gasteiger partial charge in [0.2, 0.25) is 0 Å². The molecular weight excluding hydrogens is 382 g/mol. The fourth-order valence-corrected chi connectivity index (χ4v) is 2.77. The highest BCUT2D eigenvalue weighted by Crippen LogP contribution is 2.26. The Morgan fingerprint density at radius 1 is 1.10 bits per heavy atom. The van der Waals surface area contributed by atoms with Gasteiger partial charge in [0.15, 0.2) is 0 Å². The lowest BCUT2D eigenvalue weighted by Crippen LogP contribution is -2.18. The van der Waals surface area contributed by atoms with Crippen LogP contribution in [0, 0.1) is 0 Å². The van der Waals surface area contributed by atoms with Gasteiger partial charge >= 0.3 is 0 Å². The van der Waals surface area contributed by atoms with Crippen LogP contribution in [0.4, 0.5) is 0 Å². The number of benzene rings is 2. The van der Waals surface area contributed by atoms with E-state index in [0.717, 1.165) is 32.2 Å². The highest BCUT2D eigenvalue weighted by atomic mass is 79.9. The molecule has 106 valence electrons. The van der Waals surface area contributed by atoms with Crippen LogP contribution in [0.5, 0.6) is 5.75 Å². The molecule has 0 aliphatic rings. The van der Waals surface area contributed by atoms with Crippen molar-refractivity contribution < 1.29 is 4.74 Å². The monoisotopic (exact) mass is 397 g/mol. The van der Waals surface area contributed by atoms with Crippen LogP contribution in [-0.2, 0) is 13.0 Å². The minimum Gasteiger partial charge on any atom is -0.489 e. The van der Waals surface area contributed by atoms with Gasteiger partial charge in [-0.25, -0.2) is 0 Å². The third-order valence-electron chi connectivity index (χ3n) is 2.91. The summed E-state index contributed by atoms with van der Waals surface area (Å²) in [6.45, 7) is 2.54. The Morgan fingerprint density at radius 2 is 1.85 bits per heavy atom. The van der Waals surface area contributed by atoms with Crippen molar-refractivity contribution >= 4 is 31.9 Å². The number of halogens is 2. The number of nitrogens with two attached hydrogens (primary N) is 1. The van der Waals surface area contributed by atoms with Gasteiger partial charge < -0.3 is 10.5 Å². The molecule has 0 radical (unpaired) electrons. The Bertz CT molecular complexity index is 584. The van der Waals surface area contributed by atoms with Gasteiger partial charge in [-0.05, 0) is 43.2 Å². The fourth-order valence-electron chi connectivity index (χ4n) is 1.97. The molecule has 0 saturated heterocycles. The minimum atomic E-state index is 0.107. The van der Waals surface area contributed by atoms with E-state index in [4.69, 9.17) is 10.5 Å². The minimum absolute atomic E-state index is 0.107. The molecule has 0 aliphatic heterocycles. The topological polar surface area (TPSA) is 35.2 Å². The highest BCUT2D eigenvalue weighted by Gasteiger charge is 2.08. The zero-order valence-corrected chi connectivity index (χ0v) is 14.4. The number of hydrogen-bond acceptors (Lipinski definition) is 2. The van der Waals surface area contributed by atoms with Gasteiger partial charge in [-0.1, -0.05) is 50.1 Å². The Balaban J connectivity index is 2.15. The van der Waals surface area contributed by atoms with E-state index >= 15 is 0 Å². The van der Waals surface area contributed by atoms with Crippen molar-refractivity contribution in [3.05, 3.63) is 62.5 Å². The summed E-state index contributed by atoms with van der Waals surface area (Å²) < 4.78 is 8.06. The molecule has 2 nitrogen and oxygen atoms in total. The molecule has 2 rings (SSSR count). The second-order valence-corrected chi connectivity index (χ2v) is 6.58. The zero-order chi connectivity index (χ0) is 14.5. The van der Waals surface area contributed by atoms with Gasteiger partial charge in [0.25, 0.3) is 0 Å². The first-order valence-electron chi connectivity index (χ1n) is 6.46. The summed E-state index contributed by atoms with van der Waals surface area (Å²) in [6, 6.07) is 14.2. The van der Waals surface area contributed by atoms with E-state index in [1.165, 1.54) is 0 Å². The first-order chi connectivity index (χ1) is 9.56. The van der Waals surface area contributed by atoms with E-state index < -0.39 is 0 Å². The number of ether oxygens (including phenoxy) is 1. The van der Waals surface area contributed by atoms with Crippen LogP contribution >= 0.6 is 31.9 Å². The molecule has 0 aromatic heterocycles. The van der Waals surface area contributed by atoms with Crippen LogP contribution in [0.15, 0.2) is 51.4 Å². The summed E-state index contributed by atoms with van der Waals surface area (Å²) >= 11 is 7.02. The second-order valence-electron chi connectivity index (χ2n) is 4.81. The molecular formula is C16H17Br2NO. The van der Waals surface area contributed by atoms with Crippen molar-refractivity contribution in [2.75, 3.05) is 0 Å². The van der Waals surface area contributed by atoms with Crippen LogP contribution in [0.3, 0.4) is 0 Å². The van der Waals surface area contributed by atoms with Crippen molar-refractivity contribution in [2.45, 2.75) is 26.0 Å². The fraction of sp³-hybridized carbons (Fsp3) is 0.250. The molecule has 0 fully saturated rings. The quantitative estimate of drug-likeness (QED) is 0.793. The van der Waals surface area contributed by atoms with Gasteiger partial charge in [-0.2, -0.15) is 0 Å². The third kappa shape index (κ3) is 4.33. The molecule has 0 spiro atoms. The van der Waals surface area contributed by atoms with Crippen LogP contribution in [-0.4, -0.2) is 6.04 Å². The third-order valence-corrected chi connectivity index (χ3v) is 4.17. The van der Waals surface area contributed by atoms with Crippen molar-refractivity contribution in [1.82, 2.24) is 0 Å². The highest BCUT2D eigenvalue weighted by molar-refractivity contribution is 9.10. The Hall–Kier alpha value is -0.840. The summed E-state index contributed by atoms with van der Waals surface area (Å²) in [5.41, 5.74) is 8.15. The largest absolute Gasteiger partial charge is 0.489 e. The number of rotatable bonds is 5. The summed E-state index contributed by atoms with van der Waals surface area (Å²) in [4.78, 5) is 0.